The van der Waals surface area contributed by atoms with Gasteiger partial charge in [0.25, 0.3) is 5.69 Å². The van der Waals surface area contributed by atoms with Gasteiger partial charge in [0.05, 0.1) is 6.07 Å². The summed E-state index contributed by atoms with van der Waals surface area (Å²) in [4.78, 5) is 10.8. The highest BCUT2D eigenvalue weighted by molar-refractivity contribution is 5.69. The molecule has 3 N–H and O–H groups in total. The fraction of sp³-hybridized carbons (Fsp3) is 0.0769. The van der Waals surface area contributed by atoms with E-state index in [0.717, 1.165) is 0 Å². The molecule has 0 bridgehead atoms. The number of carboxylic acid groups (broad SMARTS) is 1. The minimum Gasteiger partial charge on any atom is -0.508 e. The molecule has 0 atom stereocenters. The number of hydrogen-bond donors (Lipinski definition) is 3. The van der Waals surface area contributed by atoms with Crippen LogP contribution in [0.3, 0.4) is 0 Å². The highest BCUT2D eigenvalue weighted by Gasteiger charge is 2.19. The molecule has 1 aromatic heterocycles. The van der Waals surface area contributed by atoms with E-state index >= 15 is 0 Å². The van der Waals surface area contributed by atoms with Gasteiger partial charge in [0.2, 0.25) is 0 Å². The van der Waals surface area contributed by atoms with Gasteiger partial charge in [-0.1, -0.05) is 6.07 Å². The maximum atomic E-state index is 10.8. The molecule has 0 unspecified atom stereocenters. The third-order valence-electron chi connectivity index (χ3n) is 2.50. The second kappa shape index (κ2) is 4.75. The first kappa shape index (κ1) is 11.9. The molecule has 5 heteroatoms. The largest absolute Gasteiger partial charge is 0.508 e. The molecule has 0 saturated carbocycles. The van der Waals surface area contributed by atoms with Gasteiger partial charge in [-0.2, -0.15) is 4.57 Å². The number of carbonyl (C=O) groups is 1. The van der Waals surface area contributed by atoms with Crippen LogP contribution in [-0.4, -0.2) is 21.3 Å². The van der Waals surface area contributed by atoms with Crippen molar-refractivity contribution in [1.82, 2.24) is 0 Å². The van der Waals surface area contributed by atoms with Gasteiger partial charge >= 0.3 is 5.97 Å². The quantitative estimate of drug-likeness (QED) is 0.557. The lowest BCUT2D eigenvalue weighted by molar-refractivity contribution is -0.604. The highest BCUT2D eigenvalue weighted by Crippen LogP contribution is 2.22. The van der Waals surface area contributed by atoms with Crippen LogP contribution >= 0.6 is 0 Å². The van der Waals surface area contributed by atoms with Gasteiger partial charge in [0.15, 0.2) is 17.6 Å². The fourth-order valence-corrected chi connectivity index (χ4v) is 1.72. The number of aliphatic carboxylic acids is 1. The van der Waals surface area contributed by atoms with Gasteiger partial charge in [0.1, 0.15) is 12.2 Å². The molecule has 0 aliphatic heterocycles. The number of hydrogen-bond acceptors (Lipinski definition) is 3. The molecule has 0 saturated heterocycles. The Bertz CT molecular complexity index is 595. The maximum absolute atomic E-state index is 10.8. The van der Waals surface area contributed by atoms with E-state index in [1.54, 1.807) is 24.4 Å². The number of phenolic OH excluding ortho intramolecular Hbond substituents is 2. The number of nitrogens with zero attached hydrogens (tertiary/aromatic N) is 1. The van der Waals surface area contributed by atoms with E-state index in [1.165, 1.54) is 22.8 Å². The number of benzene rings is 1. The molecule has 2 aromatic rings. The van der Waals surface area contributed by atoms with Crippen molar-refractivity contribution in [2.45, 2.75) is 6.42 Å². The number of pyridine rings is 1. The molecule has 2 rings (SSSR count). The van der Waals surface area contributed by atoms with E-state index in [4.69, 9.17) is 5.11 Å². The smallest absolute Gasteiger partial charge is 0.314 e. The van der Waals surface area contributed by atoms with Gasteiger partial charge in [0, 0.05) is 12.1 Å². The predicted octanol–water partition coefficient (Wildman–Crippen LogP) is 1.00. The molecule has 1 aromatic carbocycles. The van der Waals surface area contributed by atoms with Gasteiger partial charge in [-0.25, -0.2) is 0 Å². The number of aromatic hydroxyl groups is 2. The SMILES string of the molecule is O=C(O)Cc1cccc[n+]1-c1cc(O)ccc1O. The van der Waals surface area contributed by atoms with Gasteiger partial charge < -0.3 is 15.3 Å². The third-order valence-corrected chi connectivity index (χ3v) is 2.50. The van der Waals surface area contributed by atoms with Crippen LogP contribution in [0.5, 0.6) is 11.5 Å². The summed E-state index contributed by atoms with van der Waals surface area (Å²) in [7, 11) is 0. The zero-order valence-corrected chi connectivity index (χ0v) is 9.45. The second-order valence-electron chi connectivity index (χ2n) is 3.81. The van der Waals surface area contributed by atoms with Crippen molar-refractivity contribution in [1.29, 1.82) is 0 Å². The Balaban J connectivity index is 2.56. The van der Waals surface area contributed by atoms with Crippen molar-refractivity contribution in [3.8, 4) is 17.2 Å². The van der Waals surface area contributed by atoms with Gasteiger partial charge in [-0.05, 0) is 12.1 Å². The third kappa shape index (κ3) is 2.40. The lowest BCUT2D eigenvalue weighted by Crippen LogP contribution is -2.36. The van der Waals surface area contributed by atoms with E-state index in [0.29, 0.717) is 11.4 Å². The monoisotopic (exact) mass is 246 g/mol. The lowest BCUT2D eigenvalue weighted by Gasteiger charge is -2.03. The zero-order chi connectivity index (χ0) is 13.1. The molecule has 0 aliphatic carbocycles. The summed E-state index contributed by atoms with van der Waals surface area (Å²) < 4.78 is 1.53. The molecule has 0 fully saturated rings. The van der Waals surface area contributed by atoms with Crippen molar-refractivity contribution >= 4 is 5.97 Å². The van der Waals surface area contributed by atoms with Crippen LogP contribution in [0.15, 0.2) is 42.6 Å². The summed E-state index contributed by atoms with van der Waals surface area (Å²) in [6.45, 7) is 0. The van der Waals surface area contributed by atoms with E-state index < -0.39 is 5.97 Å². The Kier molecular flexibility index (Phi) is 3.14. The predicted molar refractivity (Wildman–Crippen MR) is 62.6 cm³/mol. The topological polar surface area (TPSA) is 81.6 Å². The van der Waals surface area contributed by atoms with Crippen molar-refractivity contribution < 1.29 is 24.7 Å². The minimum atomic E-state index is -0.963. The molecular weight excluding hydrogens is 234 g/mol. The highest BCUT2D eigenvalue weighted by atomic mass is 16.4. The first-order valence-electron chi connectivity index (χ1n) is 5.31. The van der Waals surface area contributed by atoms with E-state index in [-0.39, 0.29) is 17.9 Å². The maximum Gasteiger partial charge on any atom is 0.314 e. The van der Waals surface area contributed by atoms with Crippen LogP contribution in [0, 0.1) is 0 Å². The number of rotatable bonds is 3. The summed E-state index contributed by atoms with van der Waals surface area (Å²) in [6.07, 6.45) is 1.46. The Labute approximate surface area is 103 Å². The average Bonchev–Trinajstić information content (AvgIpc) is 2.32. The minimum absolute atomic E-state index is 0.000396. The molecule has 0 spiro atoms. The van der Waals surface area contributed by atoms with Gasteiger partial charge in [-0.15, -0.1) is 0 Å². The molecule has 0 amide bonds. The van der Waals surface area contributed by atoms with Crippen LogP contribution in [-0.2, 0) is 11.2 Å². The number of aromatic nitrogens is 1. The van der Waals surface area contributed by atoms with Gasteiger partial charge in [-0.3, -0.25) is 4.79 Å². The standard InChI is InChI=1S/C13H11NO4/c15-10-4-5-12(16)11(8-10)14-6-2-1-3-9(14)7-13(17)18/h1-6,8H,7H2,(H2-,15,16,17,18)/p+1. The first-order valence-corrected chi connectivity index (χ1v) is 5.31. The Morgan fingerprint density at radius 3 is 2.67 bits per heavy atom. The zero-order valence-electron chi connectivity index (χ0n) is 9.45. The summed E-state index contributed by atoms with van der Waals surface area (Å²) in [5.41, 5.74) is 0.845. The Hall–Kier alpha value is -2.56. The van der Waals surface area contributed by atoms with Crippen LogP contribution in [0.4, 0.5) is 0 Å². The normalized spacial score (nSPS) is 10.2. The second-order valence-corrected chi connectivity index (χ2v) is 3.81. The van der Waals surface area contributed by atoms with Crippen molar-refractivity contribution in [3.05, 3.63) is 48.3 Å². The molecule has 92 valence electrons. The van der Waals surface area contributed by atoms with Crippen LogP contribution in [0.25, 0.3) is 5.69 Å². The Morgan fingerprint density at radius 1 is 1.17 bits per heavy atom. The molecule has 5 nitrogen and oxygen atoms in total. The van der Waals surface area contributed by atoms with E-state index in [1.807, 2.05) is 0 Å². The van der Waals surface area contributed by atoms with Crippen LogP contribution in [0.1, 0.15) is 5.69 Å². The van der Waals surface area contributed by atoms with Crippen molar-refractivity contribution in [2.24, 2.45) is 0 Å². The van der Waals surface area contributed by atoms with Crippen LogP contribution < -0.4 is 4.57 Å². The molecule has 0 radical (unpaired) electrons. The summed E-state index contributed by atoms with van der Waals surface area (Å²) in [5, 5.41) is 28.0. The number of phenols is 2. The van der Waals surface area contributed by atoms with Crippen molar-refractivity contribution in [3.63, 3.8) is 0 Å². The van der Waals surface area contributed by atoms with Crippen LogP contribution in [0.2, 0.25) is 0 Å². The summed E-state index contributed by atoms with van der Waals surface area (Å²) in [6, 6.07) is 9.18. The first-order chi connectivity index (χ1) is 8.58. The van der Waals surface area contributed by atoms with Crippen molar-refractivity contribution in [2.75, 3.05) is 0 Å². The summed E-state index contributed by atoms with van der Waals surface area (Å²) >= 11 is 0. The molecular formula is C13H12NO4+. The average molecular weight is 246 g/mol. The number of carboxylic acids is 1. The molecule has 0 aliphatic rings. The van der Waals surface area contributed by atoms with E-state index in [9.17, 15) is 15.0 Å². The Morgan fingerprint density at radius 2 is 1.94 bits per heavy atom. The fourth-order valence-electron chi connectivity index (χ4n) is 1.72. The summed E-state index contributed by atoms with van der Waals surface area (Å²) in [5.74, 6) is -0.995. The lowest BCUT2D eigenvalue weighted by atomic mass is 10.2. The van der Waals surface area contributed by atoms with E-state index in [2.05, 4.69) is 0 Å². The molecule has 18 heavy (non-hydrogen) atoms. The molecule has 1 heterocycles.